The Bertz CT molecular complexity index is 391. The van der Waals surface area contributed by atoms with Gasteiger partial charge in [-0.3, -0.25) is 9.59 Å². The summed E-state index contributed by atoms with van der Waals surface area (Å²) in [4.78, 5) is 27.3. The fourth-order valence-electron chi connectivity index (χ4n) is 3.74. The molecular formula is C16H28N2O3. The van der Waals surface area contributed by atoms with E-state index in [0.29, 0.717) is 13.0 Å². The third-order valence-corrected chi connectivity index (χ3v) is 4.90. The highest BCUT2D eigenvalue weighted by Crippen LogP contribution is 2.33. The summed E-state index contributed by atoms with van der Waals surface area (Å²) >= 11 is 0. The zero-order chi connectivity index (χ0) is 15.5. The van der Waals surface area contributed by atoms with Crippen molar-refractivity contribution >= 4 is 11.8 Å². The van der Waals surface area contributed by atoms with Gasteiger partial charge in [0.15, 0.2) is 0 Å². The van der Waals surface area contributed by atoms with Crippen LogP contribution in [-0.2, 0) is 14.3 Å². The zero-order valence-corrected chi connectivity index (χ0v) is 13.5. The van der Waals surface area contributed by atoms with E-state index in [1.165, 1.54) is 0 Å². The predicted molar refractivity (Wildman–Crippen MR) is 80.8 cm³/mol. The predicted octanol–water partition coefficient (Wildman–Crippen LogP) is 1.85. The molecule has 1 saturated heterocycles. The summed E-state index contributed by atoms with van der Waals surface area (Å²) in [5, 5.41) is 3.05. The van der Waals surface area contributed by atoms with Crippen molar-refractivity contribution in [1.82, 2.24) is 10.2 Å². The quantitative estimate of drug-likeness (QED) is 0.861. The molecule has 2 rings (SSSR count). The Hall–Kier alpha value is -1.10. The van der Waals surface area contributed by atoms with Gasteiger partial charge in [-0.25, -0.2) is 0 Å². The van der Waals surface area contributed by atoms with Gasteiger partial charge in [-0.15, -0.1) is 0 Å². The van der Waals surface area contributed by atoms with E-state index in [1.807, 2.05) is 11.8 Å². The maximum absolute atomic E-state index is 13.2. The van der Waals surface area contributed by atoms with E-state index in [2.05, 4.69) is 12.2 Å². The minimum Gasteiger partial charge on any atom is -0.385 e. The number of hydrogen-bond acceptors (Lipinski definition) is 3. The van der Waals surface area contributed by atoms with Crippen molar-refractivity contribution in [1.29, 1.82) is 0 Å². The Morgan fingerprint density at radius 1 is 1.33 bits per heavy atom. The van der Waals surface area contributed by atoms with Crippen LogP contribution in [0.4, 0.5) is 0 Å². The summed E-state index contributed by atoms with van der Waals surface area (Å²) in [5.41, 5.74) is -0.651. The van der Waals surface area contributed by atoms with Gasteiger partial charge in [0.25, 0.3) is 0 Å². The molecule has 5 nitrogen and oxygen atoms in total. The van der Waals surface area contributed by atoms with Crippen molar-refractivity contribution in [2.75, 3.05) is 13.7 Å². The first kappa shape index (κ1) is 16.3. The molecule has 0 aromatic carbocycles. The van der Waals surface area contributed by atoms with E-state index in [0.717, 1.165) is 38.5 Å². The first-order valence-electron chi connectivity index (χ1n) is 8.13. The first-order valence-corrected chi connectivity index (χ1v) is 8.13. The summed E-state index contributed by atoms with van der Waals surface area (Å²) in [6, 6.07) is 0.0459. The number of ether oxygens (including phenoxy) is 1. The maximum atomic E-state index is 13.2. The highest BCUT2D eigenvalue weighted by atomic mass is 16.5. The number of nitrogens with one attached hydrogen (secondary N) is 1. The fourth-order valence-corrected chi connectivity index (χ4v) is 3.74. The minimum absolute atomic E-state index is 0.0131. The number of nitrogens with zero attached hydrogens (tertiary/aromatic N) is 1. The third kappa shape index (κ3) is 3.39. The van der Waals surface area contributed by atoms with Crippen LogP contribution in [0.15, 0.2) is 0 Å². The van der Waals surface area contributed by atoms with Crippen molar-refractivity contribution in [3.05, 3.63) is 0 Å². The summed E-state index contributed by atoms with van der Waals surface area (Å²) in [5.74, 6) is 0.128. The maximum Gasteiger partial charge on any atom is 0.248 e. The molecule has 1 heterocycles. The number of carbonyl (C=O) groups excluding carboxylic acids is 2. The number of rotatable bonds is 4. The SMILES string of the molecule is COCCC(C)N1C(=O)C2(CCCCC2)NC(=O)CC1C. The average molecular weight is 296 g/mol. The standard InChI is InChI=1S/C16H28N2O3/c1-12(7-10-21-3)18-13(2)11-14(19)17-16(15(18)20)8-5-4-6-9-16/h12-13H,4-11H2,1-3H3,(H,17,19). The molecule has 1 aliphatic carbocycles. The van der Waals surface area contributed by atoms with Gasteiger partial charge in [0.05, 0.1) is 0 Å². The van der Waals surface area contributed by atoms with Crippen LogP contribution in [0.1, 0.15) is 58.8 Å². The molecule has 2 aliphatic rings. The van der Waals surface area contributed by atoms with E-state index >= 15 is 0 Å². The van der Waals surface area contributed by atoms with Crippen molar-refractivity contribution in [2.45, 2.75) is 76.4 Å². The Kier molecular flexibility index (Phi) is 5.25. The summed E-state index contributed by atoms with van der Waals surface area (Å²) < 4.78 is 5.14. The highest BCUT2D eigenvalue weighted by Gasteiger charge is 2.47. The highest BCUT2D eigenvalue weighted by molar-refractivity contribution is 5.94. The molecule has 120 valence electrons. The molecule has 0 bridgehead atoms. The number of amides is 2. The molecule has 2 fully saturated rings. The molecule has 2 atom stereocenters. The molecule has 21 heavy (non-hydrogen) atoms. The number of methoxy groups -OCH3 is 1. The molecule has 1 saturated carbocycles. The largest absolute Gasteiger partial charge is 0.385 e. The van der Waals surface area contributed by atoms with Gasteiger partial charge >= 0.3 is 0 Å². The lowest BCUT2D eigenvalue weighted by molar-refractivity contribution is -0.144. The van der Waals surface area contributed by atoms with Crippen molar-refractivity contribution < 1.29 is 14.3 Å². The Balaban J connectivity index is 2.24. The molecule has 2 amide bonds. The van der Waals surface area contributed by atoms with Crippen molar-refractivity contribution in [3.63, 3.8) is 0 Å². The molecule has 1 spiro atoms. The van der Waals surface area contributed by atoms with Crippen molar-refractivity contribution in [3.8, 4) is 0 Å². The topological polar surface area (TPSA) is 58.6 Å². The Morgan fingerprint density at radius 2 is 2.00 bits per heavy atom. The zero-order valence-electron chi connectivity index (χ0n) is 13.5. The van der Waals surface area contributed by atoms with Crippen LogP contribution in [0.5, 0.6) is 0 Å². The normalized spacial score (nSPS) is 27.4. The average Bonchev–Trinajstić information content (AvgIpc) is 2.53. The van der Waals surface area contributed by atoms with Gasteiger partial charge in [-0.2, -0.15) is 0 Å². The van der Waals surface area contributed by atoms with Gasteiger partial charge in [0.2, 0.25) is 11.8 Å². The molecule has 1 N–H and O–H groups in total. The third-order valence-electron chi connectivity index (χ3n) is 4.90. The smallest absolute Gasteiger partial charge is 0.248 e. The Labute approximate surface area is 127 Å². The van der Waals surface area contributed by atoms with Crippen LogP contribution in [0, 0.1) is 0 Å². The second kappa shape index (κ2) is 6.77. The molecule has 1 aliphatic heterocycles. The van der Waals surface area contributed by atoms with Crippen LogP contribution in [-0.4, -0.2) is 48.1 Å². The molecule has 5 heteroatoms. The van der Waals surface area contributed by atoms with E-state index < -0.39 is 5.54 Å². The van der Waals surface area contributed by atoms with Gasteiger partial charge in [0.1, 0.15) is 5.54 Å². The molecule has 0 aromatic heterocycles. The Morgan fingerprint density at radius 3 is 2.62 bits per heavy atom. The summed E-state index contributed by atoms with van der Waals surface area (Å²) in [7, 11) is 1.67. The van der Waals surface area contributed by atoms with Crippen LogP contribution < -0.4 is 5.32 Å². The lowest BCUT2D eigenvalue weighted by atomic mass is 9.80. The first-order chi connectivity index (χ1) is 10.00. The van der Waals surface area contributed by atoms with Crippen LogP contribution >= 0.6 is 0 Å². The number of hydrogen-bond donors (Lipinski definition) is 1. The molecular weight excluding hydrogens is 268 g/mol. The minimum atomic E-state index is -0.651. The van der Waals surface area contributed by atoms with Gasteiger partial charge < -0.3 is 15.0 Å². The lowest BCUT2D eigenvalue weighted by Gasteiger charge is -2.41. The monoisotopic (exact) mass is 296 g/mol. The lowest BCUT2D eigenvalue weighted by Crippen LogP contribution is -2.60. The second-order valence-corrected chi connectivity index (χ2v) is 6.59. The van der Waals surface area contributed by atoms with E-state index in [4.69, 9.17) is 4.74 Å². The molecule has 0 aromatic rings. The van der Waals surface area contributed by atoms with E-state index in [9.17, 15) is 9.59 Å². The van der Waals surface area contributed by atoms with Gasteiger partial charge in [-0.1, -0.05) is 19.3 Å². The summed E-state index contributed by atoms with van der Waals surface area (Å²) in [6.45, 7) is 4.66. The van der Waals surface area contributed by atoms with Crippen molar-refractivity contribution in [2.24, 2.45) is 0 Å². The fraction of sp³-hybridized carbons (Fsp3) is 0.875. The molecule has 2 unspecified atom stereocenters. The van der Waals surface area contributed by atoms with Crippen LogP contribution in [0.25, 0.3) is 0 Å². The van der Waals surface area contributed by atoms with Gasteiger partial charge in [0, 0.05) is 32.2 Å². The molecule has 0 radical (unpaired) electrons. The summed E-state index contributed by atoms with van der Waals surface area (Å²) in [6.07, 6.45) is 5.93. The van der Waals surface area contributed by atoms with Crippen LogP contribution in [0.2, 0.25) is 0 Å². The second-order valence-electron chi connectivity index (χ2n) is 6.59. The van der Waals surface area contributed by atoms with Crippen LogP contribution in [0.3, 0.4) is 0 Å². The van der Waals surface area contributed by atoms with E-state index in [-0.39, 0.29) is 23.9 Å². The van der Waals surface area contributed by atoms with Gasteiger partial charge in [-0.05, 0) is 33.1 Å². The van der Waals surface area contributed by atoms with E-state index in [1.54, 1.807) is 7.11 Å². The number of carbonyl (C=O) groups is 2.